The number of nitro groups is 1. The molecular formula is C12H13FN2O4. The maximum atomic E-state index is 13.6. The van der Waals surface area contributed by atoms with E-state index in [0.717, 1.165) is 24.6 Å². The van der Waals surface area contributed by atoms with Gasteiger partial charge in [-0.2, -0.15) is 0 Å². The van der Waals surface area contributed by atoms with E-state index < -0.39 is 16.6 Å². The van der Waals surface area contributed by atoms with E-state index in [1.54, 1.807) is 0 Å². The molecule has 0 aromatic heterocycles. The fourth-order valence-corrected chi connectivity index (χ4v) is 2.24. The van der Waals surface area contributed by atoms with Crippen molar-refractivity contribution in [3.63, 3.8) is 0 Å². The van der Waals surface area contributed by atoms with E-state index in [0.29, 0.717) is 13.0 Å². The number of halogens is 1. The summed E-state index contributed by atoms with van der Waals surface area (Å²) in [5.74, 6) is -1.41. The SMILES string of the molecule is O=C(c1cc([N+](=O)[O-])ccc1F)N1CCC[C@@H]1CO. The summed E-state index contributed by atoms with van der Waals surface area (Å²) in [4.78, 5) is 23.5. The largest absolute Gasteiger partial charge is 0.394 e. The van der Waals surface area contributed by atoms with E-state index in [1.165, 1.54) is 4.90 Å². The minimum Gasteiger partial charge on any atom is -0.394 e. The van der Waals surface area contributed by atoms with E-state index >= 15 is 0 Å². The lowest BCUT2D eigenvalue weighted by Gasteiger charge is -2.23. The molecule has 1 aliphatic rings. The minimum absolute atomic E-state index is 0.192. The Hall–Kier alpha value is -2.02. The van der Waals surface area contributed by atoms with Crippen LogP contribution in [-0.4, -0.2) is 40.0 Å². The molecule has 2 rings (SSSR count). The number of hydrogen-bond acceptors (Lipinski definition) is 4. The topological polar surface area (TPSA) is 83.7 Å². The van der Waals surface area contributed by atoms with Crippen molar-refractivity contribution < 1.29 is 19.2 Å². The van der Waals surface area contributed by atoms with Gasteiger partial charge in [-0.15, -0.1) is 0 Å². The van der Waals surface area contributed by atoms with Gasteiger partial charge >= 0.3 is 0 Å². The molecule has 1 aromatic carbocycles. The van der Waals surface area contributed by atoms with Gasteiger partial charge < -0.3 is 10.0 Å². The van der Waals surface area contributed by atoms with Crippen molar-refractivity contribution in [2.24, 2.45) is 0 Å². The van der Waals surface area contributed by atoms with Crippen molar-refractivity contribution in [3.05, 3.63) is 39.7 Å². The molecule has 1 saturated heterocycles. The molecule has 0 unspecified atom stereocenters. The third kappa shape index (κ3) is 2.55. The van der Waals surface area contributed by atoms with Crippen molar-refractivity contribution >= 4 is 11.6 Å². The van der Waals surface area contributed by atoms with Gasteiger partial charge in [-0.3, -0.25) is 14.9 Å². The van der Waals surface area contributed by atoms with Crippen LogP contribution in [0.5, 0.6) is 0 Å². The summed E-state index contributed by atoms with van der Waals surface area (Å²) in [6, 6.07) is 2.52. The first-order valence-corrected chi connectivity index (χ1v) is 5.90. The number of aliphatic hydroxyl groups is 1. The van der Waals surface area contributed by atoms with Gasteiger partial charge in [0, 0.05) is 18.7 Å². The van der Waals surface area contributed by atoms with Crippen LogP contribution in [-0.2, 0) is 0 Å². The van der Waals surface area contributed by atoms with Crippen LogP contribution in [0, 0.1) is 15.9 Å². The predicted molar refractivity (Wildman–Crippen MR) is 64.2 cm³/mol. The zero-order valence-corrected chi connectivity index (χ0v) is 10.1. The molecule has 0 radical (unpaired) electrons. The Balaban J connectivity index is 2.32. The molecule has 102 valence electrons. The molecule has 1 aliphatic heterocycles. The first kappa shape index (κ1) is 13.4. The van der Waals surface area contributed by atoms with Crippen LogP contribution in [0.3, 0.4) is 0 Å². The number of carbonyl (C=O) groups excluding carboxylic acids is 1. The van der Waals surface area contributed by atoms with Gasteiger partial charge in [-0.05, 0) is 18.9 Å². The molecule has 1 atom stereocenters. The van der Waals surface area contributed by atoms with Crippen LogP contribution in [0.4, 0.5) is 10.1 Å². The lowest BCUT2D eigenvalue weighted by molar-refractivity contribution is -0.384. The molecule has 6 nitrogen and oxygen atoms in total. The van der Waals surface area contributed by atoms with E-state index in [4.69, 9.17) is 5.11 Å². The number of amides is 1. The molecule has 1 N–H and O–H groups in total. The van der Waals surface area contributed by atoms with Crippen LogP contribution >= 0.6 is 0 Å². The van der Waals surface area contributed by atoms with Crippen molar-refractivity contribution in [1.82, 2.24) is 4.90 Å². The lowest BCUT2D eigenvalue weighted by Crippen LogP contribution is -2.38. The molecule has 1 fully saturated rings. The normalized spacial score (nSPS) is 18.6. The van der Waals surface area contributed by atoms with Crippen LogP contribution in [0.15, 0.2) is 18.2 Å². The lowest BCUT2D eigenvalue weighted by atomic mass is 10.1. The predicted octanol–water partition coefficient (Wildman–Crippen LogP) is 1.33. The van der Waals surface area contributed by atoms with Gasteiger partial charge in [-0.25, -0.2) is 4.39 Å². The highest BCUT2D eigenvalue weighted by molar-refractivity contribution is 5.95. The first-order chi connectivity index (χ1) is 9.04. The average molecular weight is 268 g/mol. The number of rotatable bonds is 3. The van der Waals surface area contributed by atoms with E-state index in [1.807, 2.05) is 0 Å². The summed E-state index contributed by atoms with van der Waals surface area (Å²) >= 11 is 0. The second-order valence-electron chi connectivity index (χ2n) is 4.40. The maximum absolute atomic E-state index is 13.6. The Morgan fingerprint density at radius 2 is 2.32 bits per heavy atom. The van der Waals surface area contributed by atoms with E-state index in [9.17, 15) is 19.3 Å². The maximum Gasteiger partial charge on any atom is 0.270 e. The Bertz CT molecular complexity index is 520. The fraction of sp³-hybridized carbons (Fsp3) is 0.417. The summed E-state index contributed by atoms with van der Waals surface area (Å²) in [6.45, 7) is 0.231. The molecule has 0 spiro atoms. The highest BCUT2D eigenvalue weighted by atomic mass is 19.1. The van der Waals surface area contributed by atoms with Gasteiger partial charge in [0.1, 0.15) is 5.82 Å². The van der Waals surface area contributed by atoms with Gasteiger partial charge in [0.15, 0.2) is 0 Å². The number of nitrogens with zero attached hydrogens (tertiary/aromatic N) is 2. The Morgan fingerprint density at radius 3 is 2.95 bits per heavy atom. The van der Waals surface area contributed by atoms with Gasteiger partial charge in [0.2, 0.25) is 0 Å². The standard InChI is InChI=1S/C12H13FN2O4/c13-11-4-3-8(15(18)19)6-10(11)12(17)14-5-1-2-9(14)7-16/h3-4,6,9,16H,1-2,5,7H2/t9-/m1/s1. The summed E-state index contributed by atoms with van der Waals surface area (Å²) < 4.78 is 13.6. The Kier molecular flexibility index (Phi) is 3.75. The molecule has 1 amide bonds. The quantitative estimate of drug-likeness (QED) is 0.662. The van der Waals surface area contributed by atoms with Gasteiger partial charge in [0.25, 0.3) is 11.6 Å². The molecule has 19 heavy (non-hydrogen) atoms. The van der Waals surface area contributed by atoms with Crippen molar-refractivity contribution in [1.29, 1.82) is 0 Å². The summed E-state index contributed by atoms with van der Waals surface area (Å²) in [5.41, 5.74) is -0.654. The number of aliphatic hydroxyl groups excluding tert-OH is 1. The van der Waals surface area contributed by atoms with Crippen molar-refractivity contribution in [2.45, 2.75) is 18.9 Å². The zero-order valence-electron chi connectivity index (χ0n) is 10.1. The number of non-ortho nitro benzene ring substituents is 1. The number of benzene rings is 1. The number of carbonyl (C=O) groups is 1. The second kappa shape index (κ2) is 5.31. The first-order valence-electron chi connectivity index (χ1n) is 5.90. The summed E-state index contributed by atoms with van der Waals surface area (Å²) in [6.07, 6.45) is 1.38. The van der Waals surface area contributed by atoms with E-state index in [2.05, 4.69) is 0 Å². The molecule has 7 heteroatoms. The zero-order chi connectivity index (χ0) is 14.0. The third-order valence-electron chi connectivity index (χ3n) is 3.24. The average Bonchev–Trinajstić information content (AvgIpc) is 2.86. The van der Waals surface area contributed by atoms with Crippen LogP contribution < -0.4 is 0 Å². The highest BCUT2D eigenvalue weighted by Crippen LogP contribution is 2.23. The van der Waals surface area contributed by atoms with Crippen LogP contribution in [0.1, 0.15) is 23.2 Å². The molecule has 1 aromatic rings. The molecule has 1 heterocycles. The number of hydrogen-bond donors (Lipinski definition) is 1. The Morgan fingerprint density at radius 1 is 1.58 bits per heavy atom. The van der Waals surface area contributed by atoms with Gasteiger partial charge in [0.05, 0.1) is 23.1 Å². The van der Waals surface area contributed by atoms with Crippen LogP contribution in [0.25, 0.3) is 0 Å². The number of likely N-dealkylation sites (tertiary alicyclic amines) is 1. The molecule has 0 bridgehead atoms. The monoisotopic (exact) mass is 268 g/mol. The summed E-state index contributed by atoms with van der Waals surface area (Å²) in [5, 5.41) is 19.8. The molecule has 0 saturated carbocycles. The number of nitro benzene ring substituents is 1. The smallest absolute Gasteiger partial charge is 0.270 e. The van der Waals surface area contributed by atoms with Crippen molar-refractivity contribution in [3.8, 4) is 0 Å². The summed E-state index contributed by atoms with van der Waals surface area (Å²) in [7, 11) is 0. The van der Waals surface area contributed by atoms with E-state index in [-0.39, 0.29) is 23.9 Å². The van der Waals surface area contributed by atoms with Crippen LogP contribution in [0.2, 0.25) is 0 Å². The third-order valence-corrected chi connectivity index (χ3v) is 3.24. The fourth-order valence-electron chi connectivity index (χ4n) is 2.24. The minimum atomic E-state index is -0.792. The molecule has 0 aliphatic carbocycles. The molecular weight excluding hydrogens is 255 g/mol. The Labute approximate surface area is 108 Å². The second-order valence-corrected chi connectivity index (χ2v) is 4.40. The van der Waals surface area contributed by atoms with Gasteiger partial charge in [-0.1, -0.05) is 0 Å². The van der Waals surface area contributed by atoms with Crippen molar-refractivity contribution in [2.75, 3.05) is 13.2 Å². The highest BCUT2D eigenvalue weighted by Gasteiger charge is 2.31.